The van der Waals surface area contributed by atoms with Crippen LogP contribution in [0.15, 0.2) is 4.99 Å². The number of guanidine groups is 1. The Kier molecular flexibility index (Phi) is 12.7. The molecule has 28 heavy (non-hydrogen) atoms. The van der Waals surface area contributed by atoms with Gasteiger partial charge in [-0.2, -0.15) is 13.2 Å². The van der Waals surface area contributed by atoms with Crippen molar-refractivity contribution < 1.29 is 22.6 Å². The summed E-state index contributed by atoms with van der Waals surface area (Å²) >= 11 is 0. The molecule has 0 aromatic rings. The molecule has 2 saturated heterocycles. The largest absolute Gasteiger partial charge is 0.401 e. The molecule has 1 unspecified atom stereocenters. The molecule has 2 fully saturated rings. The molecule has 2 N–H and O–H groups in total. The van der Waals surface area contributed by atoms with Crippen LogP contribution in [-0.4, -0.2) is 82.7 Å². The quantitative estimate of drug-likeness (QED) is 0.211. The van der Waals surface area contributed by atoms with Gasteiger partial charge in [-0.05, 0) is 51.1 Å². The highest BCUT2D eigenvalue weighted by molar-refractivity contribution is 14.0. The van der Waals surface area contributed by atoms with E-state index in [-0.39, 0.29) is 30.1 Å². The Balaban J connectivity index is 0.00000392. The van der Waals surface area contributed by atoms with E-state index in [9.17, 15) is 13.2 Å². The highest BCUT2D eigenvalue weighted by atomic mass is 127. The Hall–Kier alpha value is -0.330. The fourth-order valence-corrected chi connectivity index (χ4v) is 3.48. The van der Waals surface area contributed by atoms with Crippen molar-refractivity contribution in [2.24, 2.45) is 10.9 Å². The first-order chi connectivity index (χ1) is 13.0. The summed E-state index contributed by atoms with van der Waals surface area (Å²) in [5.74, 6) is 1.23. The summed E-state index contributed by atoms with van der Waals surface area (Å²) in [7, 11) is 1.73. The first-order valence-corrected chi connectivity index (χ1v) is 9.89. The maximum Gasteiger partial charge on any atom is 0.401 e. The van der Waals surface area contributed by atoms with Gasteiger partial charge in [-0.3, -0.25) is 9.89 Å². The molecule has 0 aliphatic carbocycles. The van der Waals surface area contributed by atoms with Gasteiger partial charge in [-0.1, -0.05) is 0 Å². The van der Waals surface area contributed by atoms with Gasteiger partial charge in [0.25, 0.3) is 0 Å². The number of rotatable bonds is 9. The van der Waals surface area contributed by atoms with Crippen molar-refractivity contribution >= 4 is 29.9 Å². The van der Waals surface area contributed by atoms with Crippen LogP contribution in [0.4, 0.5) is 13.2 Å². The minimum absolute atomic E-state index is 0. The van der Waals surface area contributed by atoms with Crippen molar-refractivity contribution in [3.63, 3.8) is 0 Å². The van der Waals surface area contributed by atoms with Crippen molar-refractivity contribution in [1.29, 1.82) is 0 Å². The Bertz CT molecular complexity index is 441. The van der Waals surface area contributed by atoms with Crippen LogP contribution in [0.1, 0.15) is 32.1 Å². The van der Waals surface area contributed by atoms with Gasteiger partial charge >= 0.3 is 6.18 Å². The second-order valence-corrected chi connectivity index (χ2v) is 7.26. The van der Waals surface area contributed by atoms with Crippen molar-refractivity contribution in [3.05, 3.63) is 0 Å². The predicted molar refractivity (Wildman–Crippen MR) is 114 cm³/mol. The summed E-state index contributed by atoms with van der Waals surface area (Å²) in [6, 6.07) is 0. The van der Waals surface area contributed by atoms with E-state index in [1.54, 1.807) is 7.05 Å². The third-order valence-corrected chi connectivity index (χ3v) is 5.03. The number of nitrogens with zero attached hydrogens (tertiary/aromatic N) is 2. The van der Waals surface area contributed by atoms with E-state index in [1.165, 1.54) is 4.90 Å². The van der Waals surface area contributed by atoms with Gasteiger partial charge in [0.2, 0.25) is 0 Å². The Labute approximate surface area is 183 Å². The first kappa shape index (κ1) is 25.7. The smallest absolute Gasteiger partial charge is 0.379 e. The van der Waals surface area contributed by atoms with Crippen molar-refractivity contribution in [3.8, 4) is 0 Å². The number of hydrogen-bond acceptors (Lipinski definition) is 4. The molecule has 2 rings (SSSR count). The van der Waals surface area contributed by atoms with Gasteiger partial charge in [-0.25, -0.2) is 0 Å². The number of nitrogens with one attached hydrogen (secondary N) is 2. The standard InChI is InChI=1S/C18H33F3N4O2.HI/c1-22-17(23-7-2-11-27-16-6-12-26-13-16)24-8-3-15-4-9-25(10-5-15)14-18(19,20)21;/h15-16H,2-14H2,1H3,(H2,22,23,24);1H. The second kappa shape index (κ2) is 13.8. The molecule has 2 aliphatic heterocycles. The van der Waals surface area contributed by atoms with Crippen molar-refractivity contribution in [2.45, 2.75) is 44.4 Å². The maximum absolute atomic E-state index is 12.4. The average molecular weight is 522 g/mol. The van der Waals surface area contributed by atoms with Gasteiger partial charge in [0, 0.05) is 33.4 Å². The fourth-order valence-electron chi connectivity index (χ4n) is 3.48. The maximum atomic E-state index is 12.4. The van der Waals surface area contributed by atoms with E-state index in [1.807, 2.05) is 0 Å². The summed E-state index contributed by atoms with van der Waals surface area (Å²) in [5.41, 5.74) is 0. The molecule has 2 heterocycles. The van der Waals surface area contributed by atoms with Crippen LogP contribution < -0.4 is 10.6 Å². The molecule has 0 spiro atoms. The molecule has 10 heteroatoms. The normalized spacial score (nSPS) is 22.1. The number of hydrogen-bond donors (Lipinski definition) is 2. The van der Waals surface area contributed by atoms with Crippen LogP contribution in [0.25, 0.3) is 0 Å². The van der Waals surface area contributed by atoms with Gasteiger partial charge in [0.1, 0.15) is 0 Å². The second-order valence-electron chi connectivity index (χ2n) is 7.26. The zero-order valence-corrected chi connectivity index (χ0v) is 18.9. The highest BCUT2D eigenvalue weighted by Gasteiger charge is 2.32. The third-order valence-electron chi connectivity index (χ3n) is 5.03. The summed E-state index contributed by atoms with van der Waals surface area (Å²) < 4.78 is 48.2. The number of likely N-dealkylation sites (tertiary alicyclic amines) is 1. The van der Waals surface area contributed by atoms with Gasteiger partial charge in [-0.15, -0.1) is 24.0 Å². The monoisotopic (exact) mass is 522 g/mol. The van der Waals surface area contributed by atoms with Crippen LogP contribution in [-0.2, 0) is 9.47 Å². The SMILES string of the molecule is CN=C(NCCCOC1CCOC1)NCCC1CCN(CC(F)(F)F)CC1.I. The predicted octanol–water partition coefficient (Wildman–Crippen LogP) is 2.63. The summed E-state index contributed by atoms with van der Waals surface area (Å²) in [4.78, 5) is 5.70. The van der Waals surface area contributed by atoms with E-state index < -0.39 is 12.7 Å². The van der Waals surface area contributed by atoms with E-state index in [4.69, 9.17) is 9.47 Å². The molecule has 6 nitrogen and oxygen atoms in total. The van der Waals surface area contributed by atoms with Crippen LogP contribution >= 0.6 is 24.0 Å². The van der Waals surface area contributed by atoms with E-state index in [0.717, 1.165) is 57.8 Å². The van der Waals surface area contributed by atoms with Crippen LogP contribution in [0.5, 0.6) is 0 Å². The molecule has 2 aliphatic rings. The molecular weight excluding hydrogens is 488 g/mol. The lowest BCUT2D eigenvalue weighted by atomic mass is 9.93. The molecule has 0 saturated carbocycles. The Morgan fingerprint density at radius 3 is 2.50 bits per heavy atom. The van der Waals surface area contributed by atoms with Crippen molar-refractivity contribution in [1.82, 2.24) is 15.5 Å². The van der Waals surface area contributed by atoms with Gasteiger partial charge in [0.15, 0.2) is 5.96 Å². The topological polar surface area (TPSA) is 58.1 Å². The number of piperidine rings is 1. The highest BCUT2D eigenvalue weighted by Crippen LogP contribution is 2.23. The number of alkyl halides is 3. The third kappa shape index (κ3) is 11.0. The van der Waals surface area contributed by atoms with Crippen LogP contribution in [0.2, 0.25) is 0 Å². The zero-order valence-electron chi connectivity index (χ0n) is 16.6. The lowest BCUT2D eigenvalue weighted by Gasteiger charge is -2.32. The molecule has 166 valence electrons. The Morgan fingerprint density at radius 1 is 1.18 bits per heavy atom. The summed E-state index contributed by atoms with van der Waals surface area (Å²) in [6.07, 6.45) is 0.622. The van der Waals surface area contributed by atoms with Gasteiger partial charge in [0.05, 0.1) is 19.3 Å². The van der Waals surface area contributed by atoms with Crippen LogP contribution in [0.3, 0.4) is 0 Å². The molecule has 1 atom stereocenters. The average Bonchev–Trinajstić information content (AvgIpc) is 3.13. The minimum atomic E-state index is -4.09. The van der Waals surface area contributed by atoms with Crippen LogP contribution in [0, 0.1) is 5.92 Å². The molecule has 0 bridgehead atoms. The molecule has 0 aromatic heterocycles. The Morgan fingerprint density at radius 2 is 1.89 bits per heavy atom. The molecule has 0 radical (unpaired) electrons. The van der Waals surface area contributed by atoms with Gasteiger partial charge < -0.3 is 20.1 Å². The van der Waals surface area contributed by atoms with E-state index in [2.05, 4.69) is 15.6 Å². The summed E-state index contributed by atoms with van der Waals surface area (Å²) in [6.45, 7) is 4.03. The number of halogens is 4. The zero-order chi connectivity index (χ0) is 19.5. The van der Waals surface area contributed by atoms with E-state index in [0.29, 0.717) is 32.2 Å². The molecular formula is C18H34F3IN4O2. The minimum Gasteiger partial charge on any atom is -0.379 e. The summed E-state index contributed by atoms with van der Waals surface area (Å²) in [5, 5.41) is 6.54. The lowest BCUT2D eigenvalue weighted by Crippen LogP contribution is -2.41. The number of aliphatic imine (C=N–C) groups is 1. The molecule has 0 amide bonds. The number of ether oxygens (including phenoxy) is 2. The first-order valence-electron chi connectivity index (χ1n) is 9.89. The molecule has 0 aromatic carbocycles. The van der Waals surface area contributed by atoms with E-state index >= 15 is 0 Å². The lowest BCUT2D eigenvalue weighted by molar-refractivity contribution is -0.148. The van der Waals surface area contributed by atoms with Crippen molar-refractivity contribution in [2.75, 3.05) is 59.6 Å². The fraction of sp³-hybridized carbons (Fsp3) is 0.944.